The first kappa shape index (κ1) is 20.1. The Balaban J connectivity index is 0.00000210. The number of carbonyl (C=O) groups is 1. The predicted molar refractivity (Wildman–Crippen MR) is 109 cm³/mol. The molecule has 0 saturated carbocycles. The fourth-order valence-corrected chi connectivity index (χ4v) is 4.14. The van der Waals surface area contributed by atoms with Crippen LogP contribution in [0.15, 0.2) is 30.5 Å². The molecule has 4 rings (SSSR count). The van der Waals surface area contributed by atoms with Gasteiger partial charge in [-0.25, -0.2) is 4.68 Å². The number of aromatic nitrogens is 2. The highest BCUT2D eigenvalue weighted by Crippen LogP contribution is 2.24. The molecule has 2 aliphatic heterocycles. The van der Waals surface area contributed by atoms with E-state index in [1.54, 1.807) is 10.9 Å². The normalized spacial score (nSPS) is 20.5. The van der Waals surface area contributed by atoms with Crippen molar-refractivity contribution in [3.63, 3.8) is 0 Å². The molecule has 2 aliphatic rings. The topological polar surface area (TPSA) is 53.4 Å². The summed E-state index contributed by atoms with van der Waals surface area (Å²) in [4.78, 5) is 17.5. The lowest BCUT2D eigenvalue weighted by Crippen LogP contribution is -2.49. The number of carbonyl (C=O) groups excluding carboxylic acids is 1. The molecule has 6 nitrogen and oxygen atoms in total. The maximum atomic E-state index is 13.0. The molecule has 146 valence electrons. The van der Waals surface area contributed by atoms with E-state index in [0.29, 0.717) is 16.6 Å². The maximum absolute atomic E-state index is 13.0. The van der Waals surface area contributed by atoms with Crippen LogP contribution in [0, 0.1) is 6.92 Å². The van der Waals surface area contributed by atoms with Crippen molar-refractivity contribution in [1.29, 1.82) is 0 Å². The summed E-state index contributed by atoms with van der Waals surface area (Å²) in [6.45, 7) is 7.74. The highest BCUT2D eigenvalue weighted by Gasteiger charge is 2.32. The molecule has 2 aromatic rings. The van der Waals surface area contributed by atoms with Crippen molar-refractivity contribution in [1.82, 2.24) is 24.9 Å². The van der Waals surface area contributed by atoms with Gasteiger partial charge in [-0.1, -0.05) is 23.7 Å². The number of rotatable bonds is 3. The number of nitrogens with zero attached hydrogens (tertiary/aromatic N) is 4. The third-order valence-electron chi connectivity index (χ3n) is 5.44. The summed E-state index contributed by atoms with van der Waals surface area (Å²) < 4.78 is 1.75. The minimum Gasteiger partial charge on any atom is -0.337 e. The summed E-state index contributed by atoms with van der Waals surface area (Å²) in [7, 11) is 0. The summed E-state index contributed by atoms with van der Waals surface area (Å²) in [5, 5.41) is 8.42. The molecule has 2 fully saturated rings. The quantitative estimate of drug-likeness (QED) is 0.845. The van der Waals surface area contributed by atoms with Gasteiger partial charge in [0.2, 0.25) is 0 Å². The number of hydrogen-bond acceptors (Lipinski definition) is 4. The summed E-state index contributed by atoms with van der Waals surface area (Å²) in [5.74, 6) is 0.0680. The van der Waals surface area contributed by atoms with Crippen LogP contribution in [0.3, 0.4) is 0 Å². The van der Waals surface area contributed by atoms with Gasteiger partial charge in [0, 0.05) is 45.3 Å². The van der Waals surface area contributed by atoms with E-state index in [9.17, 15) is 4.79 Å². The molecular formula is C19H25Cl2N5O. The van der Waals surface area contributed by atoms with Gasteiger partial charge in [0.05, 0.1) is 28.2 Å². The minimum atomic E-state index is 0. The number of piperazine rings is 1. The standard InChI is InChI=1S/C19H24ClN5O.ClH/c1-14-16(12-22-25(14)18-5-3-2-4-17(18)20)19(26)24-9-6-15(13-24)23-10-7-21-8-11-23;/h2-5,12,15,21H,6-11,13H2,1H3;1H. The molecule has 0 aliphatic carbocycles. The Kier molecular flexibility index (Phi) is 6.42. The average molecular weight is 410 g/mol. The number of nitrogens with one attached hydrogen (secondary N) is 1. The Hall–Kier alpha value is -1.60. The summed E-state index contributed by atoms with van der Waals surface area (Å²) in [6.07, 6.45) is 2.71. The Morgan fingerprint density at radius 1 is 1.22 bits per heavy atom. The molecule has 27 heavy (non-hydrogen) atoms. The van der Waals surface area contributed by atoms with Gasteiger partial charge in [-0.3, -0.25) is 9.69 Å². The lowest BCUT2D eigenvalue weighted by atomic mass is 10.2. The first-order chi connectivity index (χ1) is 12.6. The van der Waals surface area contributed by atoms with Crippen LogP contribution in [0.4, 0.5) is 0 Å². The highest BCUT2D eigenvalue weighted by molar-refractivity contribution is 6.32. The summed E-state index contributed by atoms with van der Waals surface area (Å²) in [5.41, 5.74) is 2.28. The van der Waals surface area contributed by atoms with Gasteiger partial charge in [-0.15, -0.1) is 12.4 Å². The molecule has 8 heteroatoms. The molecule has 1 atom stereocenters. The Labute approximate surface area is 170 Å². The number of para-hydroxylation sites is 1. The van der Waals surface area contributed by atoms with Gasteiger partial charge < -0.3 is 10.2 Å². The molecule has 2 saturated heterocycles. The minimum absolute atomic E-state index is 0. The second-order valence-corrected chi connectivity index (χ2v) is 7.39. The van der Waals surface area contributed by atoms with Gasteiger partial charge in [0.25, 0.3) is 5.91 Å². The second-order valence-electron chi connectivity index (χ2n) is 6.99. The molecule has 1 aromatic carbocycles. The molecule has 1 N–H and O–H groups in total. The zero-order valence-electron chi connectivity index (χ0n) is 15.4. The second kappa shape index (κ2) is 8.61. The van der Waals surface area contributed by atoms with Crippen molar-refractivity contribution < 1.29 is 4.79 Å². The number of likely N-dealkylation sites (tertiary alicyclic amines) is 1. The molecule has 0 bridgehead atoms. The predicted octanol–water partition coefficient (Wildman–Crippen LogP) is 2.38. The number of halogens is 2. The molecule has 1 amide bonds. The Morgan fingerprint density at radius 3 is 2.70 bits per heavy atom. The van der Waals surface area contributed by atoms with E-state index in [4.69, 9.17) is 11.6 Å². The van der Waals surface area contributed by atoms with E-state index >= 15 is 0 Å². The van der Waals surface area contributed by atoms with E-state index in [1.807, 2.05) is 36.1 Å². The molecule has 0 radical (unpaired) electrons. The summed E-state index contributed by atoms with van der Waals surface area (Å²) >= 11 is 6.29. The van der Waals surface area contributed by atoms with Gasteiger partial charge in [0.15, 0.2) is 0 Å². The van der Waals surface area contributed by atoms with Crippen LogP contribution in [-0.2, 0) is 0 Å². The Morgan fingerprint density at radius 2 is 1.96 bits per heavy atom. The van der Waals surface area contributed by atoms with Crippen molar-refractivity contribution in [2.75, 3.05) is 39.3 Å². The summed E-state index contributed by atoms with van der Waals surface area (Å²) in [6, 6.07) is 8.02. The van der Waals surface area contributed by atoms with Gasteiger partial charge >= 0.3 is 0 Å². The van der Waals surface area contributed by atoms with E-state index in [2.05, 4.69) is 15.3 Å². The highest BCUT2D eigenvalue weighted by atomic mass is 35.5. The van der Waals surface area contributed by atoms with Crippen LogP contribution >= 0.6 is 24.0 Å². The van der Waals surface area contributed by atoms with Crippen LogP contribution < -0.4 is 5.32 Å². The molecule has 3 heterocycles. The number of amides is 1. The molecule has 0 spiro atoms. The van der Waals surface area contributed by atoms with Crippen molar-refractivity contribution in [3.05, 3.63) is 46.7 Å². The first-order valence-corrected chi connectivity index (χ1v) is 9.56. The third-order valence-corrected chi connectivity index (χ3v) is 5.76. The van der Waals surface area contributed by atoms with Crippen LogP contribution in [0.25, 0.3) is 5.69 Å². The molecular weight excluding hydrogens is 385 g/mol. The van der Waals surface area contributed by atoms with Crippen LogP contribution in [0.2, 0.25) is 5.02 Å². The van der Waals surface area contributed by atoms with E-state index in [0.717, 1.165) is 57.1 Å². The fraction of sp³-hybridized carbons (Fsp3) is 0.474. The van der Waals surface area contributed by atoms with Crippen molar-refractivity contribution in [2.45, 2.75) is 19.4 Å². The molecule has 1 aromatic heterocycles. The SMILES string of the molecule is Cc1c(C(=O)N2CCC(N3CCNCC3)C2)cnn1-c1ccccc1Cl.Cl. The van der Waals surface area contributed by atoms with Gasteiger partial charge in [0.1, 0.15) is 0 Å². The lowest BCUT2D eigenvalue weighted by molar-refractivity contribution is 0.0772. The first-order valence-electron chi connectivity index (χ1n) is 9.18. The van der Waals surface area contributed by atoms with Crippen molar-refractivity contribution in [2.24, 2.45) is 0 Å². The van der Waals surface area contributed by atoms with E-state index in [-0.39, 0.29) is 18.3 Å². The fourth-order valence-electron chi connectivity index (χ4n) is 3.93. The van der Waals surface area contributed by atoms with E-state index in [1.165, 1.54) is 0 Å². The smallest absolute Gasteiger partial charge is 0.257 e. The van der Waals surface area contributed by atoms with Crippen molar-refractivity contribution in [3.8, 4) is 5.69 Å². The third kappa shape index (κ3) is 3.99. The van der Waals surface area contributed by atoms with Crippen LogP contribution in [0.1, 0.15) is 22.5 Å². The zero-order valence-corrected chi connectivity index (χ0v) is 17.0. The molecule has 1 unspecified atom stereocenters. The Bertz CT molecular complexity index is 803. The number of benzene rings is 1. The average Bonchev–Trinajstić information content (AvgIpc) is 3.30. The van der Waals surface area contributed by atoms with Crippen molar-refractivity contribution >= 4 is 29.9 Å². The lowest BCUT2D eigenvalue weighted by Gasteiger charge is -2.32. The largest absolute Gasteiger partial charge is 0.337 e. The monoisotopic (exact) mass is 409 g/mol. The number of hydrogen-bond donors (Lipinski definition) is 1. The maximum Gasteiger partial charge on any atom is 0.257 e. The van der Waals surface area contributed by atoms with E-state index < -0.39 is 0 Å². The van der Waals surface area contributed by atoms with Crippen LogP contribution in [-0.4, -0.2) is 70.8 Å². The van der Waals surface area contributed by atoms with Crippen LogP contribution in [0.5, 0.6) is 0 Å². The van der Waals surface area contributed by atoms with Gasteiger partial charge in [-0.05, 0) is 25.5 Å². The zero-order chi connectivity index (χ0) is 18.1. The van der Waals surface area contributed by atoms with Gasteiger partial charge in [-0.2, -0.15) is 5.10 Å².